The van der Waals surface area contributed by atoms with Crippen molar-refractivity contribution in [3.63, 3.8) is 0 Å². The van der Waals surface area contributed by atoms with E-state index in [9.17, 15) is 4.79 Å². The molecule has 2 aromatic heterocycles. The summed E-state index contributed by atoms with van der Waals surface area (Å²) < 4.78 is 7.72. The normalized spacial score (nSPS) is 13.7. The van der Waals surface area contributed by atoms with Crippen LogP contribution in [0.4, 0.5) is 5.69 Å². The fourth-order valence-corrected chi connectivity index (χ4v) is 4.70. The van der Waals surface area contributed by atoms with Crippen molar-refractivity contribution in [1.29, 1.82) is 0 Å². The molecule has 0 fully saturated rings. The minimum Gasteiger partial charge on any atom is -0.440 e. The number of nitrogens with zero attached hydrogens (tertiary/aromatic N) is 3. The molecule has 5 nitrogen and oxygen atoms in total. The van der Waals surface area contributed by atoms with E-state index >= 15 is 0 Å². The number of rotatable bonds is 2. The number of aryl methyl sites for hydroxylation is 3. The van der Waals surface area contributed by atoms with E-state index in [4.69, 9.17) is 27.6 Å². The lowest BCUT2D eigenvalue weighted by atomic mass is 10.0. The number of oxazole rings is 1. The number of halogens is 2. The van der Waals surface area contributed by atoms with Gasteiger partial charge in [0.05, 0.1) is 10.7 Å². The van der Waals surface area contributed by atoms with E-state index in [0.717, 1.165) is 24.1 Å². The third-order valence-electron chi connectivity index (χ3n) is 5.57. The van der Waals surface area contributed by atoms with Gasteiger partial charge < -0.3 is 9.32 Å². The molecule has 2 aromatic carbocycles. The van der Waals surface area contributed by atoms with E-state index in [-0.39, 0.29) is 5.91 Å². The van der Waals surface area contributed by atoms with Gasteiger partial charge in [-0.3, -0.25) is 4.79 Å². The molecule has 5 rings (SSSR count). The fourth-order valence-electron chi connectivity index (χ4n) is 4.21. The van der Waals surface area contributed by atoms with Crippen molar-refractivity contribution in [2.24, 2.45) is 0 Å². The highest BCUT2D eigenvalue weighted by atomic mass is 35.5. The molecule has 0 atom stereocenters. The first-order valence-corrected chi connectivity index (χ1v) is 10.5. The van der Waals surface area contributed by atoms with Gasteiger partial charge in [-0.15, -0.1) is 0 Å². The van der Waals surface area contributed by atoms with Gasteiger partial charge in [0.2, 0.25) is 5.71 Å². The highest BCUT2D eigenvalue weighted by Gasteiger charge is 2.31. The molecule has 1 aliphatic heterocycles. The summed E-state index contributed by atoms with van der Waals surface area (Å²) in [5, 5.41) is 5.68. The van der Waals surface area contributed by atoms with E-state index in [1.54, 1.807) is 16.6 Å². The number of para-hydroxylation sites is 1. The van der Waals surface area contributed by atoms with Crippen molar-refractivity contribution in [2.45, 2.75) is 26.7 Å². The third-order valence-corrected chi connectivity index (χ3v) is 6.12. The zero-order valence-corrected chi connectivity index (χ0v) is 18.1. The minimum atomic E-state index is -0.0999. The van der Waals surface area contributed by atoms with Gasteiger partial charge in [0, 0.05) is 22.8 Å². The van der Waals surface area contributed by atoms with Gasteiger partial charge in [-0.2, -0.15) is 9.61 Å². The summed E-state index contributed by atoms with van der Waals surface area (Å²) in [6.07, 6.45) is 1.90. The van der Waals surface area contributed by atoms with Gasteiger partial charge >= 0.3 is 0 Å². The predicted octanol–water partition coefficient (Wildman–Crippen LogP) is 6.11. The number of carbonyl (C=O) groups is 1. The molecule has 0 aliphatic carbocycles. The fraction of sp³-hybridized carbons (Fsp3) is 0.217. The van der Waals surface area contributed by atoms with Gasteiger partial charge in [-0.1, -0.05) is 41.4 Å². The van der Waals surface area contributed by atoms with Gasteiger partial charge in [0.15, 0.2) is 0 Å². The second kappa shape index (κ2) is 7.18. The number of benzene rings is 2. The molecule has 0 unspecified atom stereocenters. The van der Waals surface area contributed by atoms with Crippen molar-refractivity contribution in [3.05, 3.63) is 75.1 Å². The molecule has 0 radical (unpaired) electrons. The average molecular weight is 440 g/mol. The predicted molar refractivity (Wildman–Crippen MR) is 119 cm³/mol. The lowest BCUT2D eigenvalue weighted by molar-refractivity contribution is 0.0985. The first-order valence-electron chi connectivity index (χ1n) is 9.79. The monoisotopic (exact) mass is 439 g/mol. The smallest absolute Gasteiger partial charge is 0.265 e. The number of anilines is 1. The summed E-state index contributed by atoms with van der Waals surface area (Å²) in [4.78, 5) is 15.4. The van der Waals surface area contributed by atoms with Crippen LogP contribution in [0.25, 0.3) is 17.0 Å². The molecule has 0 saturated heterocycles. The maximum Gasteiger partial charge on any atom is 0.265 e. The van der Waals surface area contributed by atoms with E-state index in [0.29, 0.717) is 45.0 Å². The molecule has 0 bridgehead atoms. The summed E-state index contributed by atoms with van der Waals surface area (Å²) in [5.74, 6) is 0.534. The standard InChI is InChI=1S/C23H19Cl2N3O2/c1-13-20(22(29)27-11-5-7-15-6-3-4-8-19(15)27)23-28(26-13)21(14(2)30-23)17-10-9-16(24)12-18(17)25/h3-4,6,8-10,12H,5,7,11H2,1-2H3. The van der Waals surface area contributed by atoms with E-state index < -0.39 is 0 Å². The lowest BCUT2D eigenvalue weighted by Crippen LogP contribution is -2.35. The Bertz CT molecular complexity index is 1310. The topological polar surface area (TPSA) is 50.8 Å². The van der Waals surface area contributed by atoms with Crippen LogP contribution in [0.5, 0.6) is 0 Å². The molecule has 0 spiro atoms. The minimum absolute atomic E-state index is 0.0999. The maximum atomic E-state index is 13.6. The van der Waals surface area contributed by atoms with Crippen LogP contribution in [0.1, 0.15) is 33.8 Å². The number of carbonyl (C=O) groups excluding carboxylic acids is 1. The van der Waals surface area contributed by atoms with Crippen LogP contribution in [0.2, 0.25) is 10.0 Å². The van der Waals surface area contributed by atoms with Crippen molar-refractivity contribution >= 4 is 40.5 Å². The lowest BCUT2D eigenvalue weighted by Gasteiger charge is -2.29. The Kier molecular flexibility index (Phi) is 4.60. The maximum absolute atomic E-state index is 13.6. The molecule has 152 valence electrons. The summed E-state index contributed by atoms with van der Waals surface area (Å²) in [6.45, 7) is 4.34. The first kappa shape index (κ1) is 19.2. The molecule has 1 aliphatic rings. The summed E-state index contributed by atoms with van der Waals surface area (Å²) in [6, 6.07) is 13.3. The van der Waals surface area contributed by atoms with E-state index in [2.05, 4.69) is 11.2 Å². The van der Waals surface area contributed by atoms with E-state index in [1.165, 1.54) is 5.56 Å². The van der Waals surface area contributed by atoms with Crippen molar-refractivity contribution in [3.8, 4) is 11.3 Å². The second-order valence-corrected chi connectivity index (χ2v) is 8.34. The van der Waals surface area contributed by atoms with Crippen LogP contribution < -0.4 is 4.90 Å². The number of hydrogen-bond acceptors (Lipinski definition) is 3. The Morgan fingerprint density at radius 2 is 1.93 bits per heavy atom. The molecular weight excluding hydrogens is 421 g/mol. The van der Waals surface area contributed by atoms with Gasteiger partial charge in [-0.05, 0) is 56.5 Å². The van der Waals surface area contributed by atoms with E-state index in [1.807, 2.05) is 43.0 Å². The average Bonchev–Trinajstić information content (AvgIpc) is 3.20. The Labute approximate surface area is 183 Å². The van der Waals surface area contributed by atoms with Crippen LogP contribution in [-0.4, -0.2) is 22.1 Å². The third kappa shape index (κ3) is 2.92. The second-order valence-electron chi connectivity index (χ2n) is 7.50. The quantitative estimate of drug-likeness (QED) is 0.378. The highest BCUT2D eigenvalue weighted by molar-refractivity contribution is 6.36. The van der Waals surface area contributed by atoms with Crippen LogP contribution in [0.15, 0.2) is 46.9 Å². The van der Waals surface area contributed by atoms with Crippen molar-refractivity contribution in [1.82, 2.24) is 9.61 Å². The number of aromatic nitrogens is 2. The van der Waals surface area contributed by atoms with Gasteiger partial charge in [0.25, 0.3) is 5.91 Å². The van der Waals surface area contributed by atoms with Crippen LogP contribution >= 0.6 is 23.2 Å². The SMILES string of the molecule is Cc1nn2c(-c3ccc(Cl)cc3Cl)c(C)oc2c1C(=O)N1CCCc2ccccc21. The number of hydrogen-bond donors (Lipinski definition) is 0. The Balaban J connectivity index is 1.65. The van der Waals surface area contributed by atoms with Crippen LogP contribution in [-0.2, 0) is 6.42 Å². The molecule has 3 heterocycles. The molecular formula is C23H19Cl2N3O2. The van der Waals surface area contributed by atoms with Crippen LogP contribution in [0.3, 0.4) is 0 Å². The summed E-state index contributed by atoms with van der Waals surface area (Å²) in [7, 11) is 0. The van der Waals surface area contributed by atoms with Crippen molar-refractivity contribution < 1.29 is 9.21 Å². The number of fused-ring (bicyclic) bond motifs is 2. The molecule has 0 N–H and O–H groups in total. The summed E-state index contributed by atoms with van der Waals surface area (Å²) >= 11 is 12.5. The zero-order chi connectivity index (χ0) is 21.0. The molecule has 4 aromatic rings. The van der Waals surface area contributed by atoms with Gasteiger partial charge in [-0.25, -0.2) is 0 Å². The zero-order valence-electron chi connectivity index (χ0n) is 16.6. The largest absolute Gasteiger partial charge is 0.440 e. The number of amides is 1. The highest BCUT2D eigenvalue weighted by Crippen LogP contribution is 2.36. The first-order chi connectivity index (χ1) is 14.5. The molecule has 7 heteroatoms. The van der Waals surface area contributed by atoms with Crippen LogP contribution in [0, 0.1) is 13.8 Å². The molecule has 1 amide bonds. The Morgan fingerprint density at radius 1 is 1.13 bits per heavy atom. The Morgan fingerprint density at radius 3 is 2.73 bits per heavy atom. The van der Waals surface area contributed by atoms with Gasteiger partial charge in [0.1, 0.15) is 17.0 Å². The Hall–Kier alpha value is -2.76. The van der Waals surface area contributed by atoms with Crippen molar-refractivity contribution in [2.75, 3.05) is 11.4 Å². The summed E-state index contributed by atoms with van der Waals surface area (Å²) in [5.41, 5.74) is 5.13. The molecule has 30 heavy (non-hydrogen) atoms. The molecule has 0 saturated carbocycles.